The Hall–Kier alpha value is -1.07. The lowest BCUT2D eigenvalue weighted by molar-refractivity contribution is -0.123. The molecule has 2 atom stereocenters. The molecule has 5 heteroatoms. The molecule has 2 heterocycles. The number of pyridine rings is 1. The smallest absolute Gasteiger partial charge is 0.223 e. The van der Waals surface area contributed by atoms with Gasteiger partial charge in [0, 0.05) is 24.4 Å². The van der Waals surface area contributed by atoms with Gasteiger partial charge in [-0.1, -0.05) is 13.0 Å². The van der Waals surface area contributed by atoms with Crippen molar-refractivity contribution in [2.24, 2.45) is 0 Å². The van der Waals surface area contributed by atoms with Crippen LogP contribution in [0.25, 0.3) is 0 Å². The number of hydrogen-bond acceptors (Lipinski definition) is 4. The average Bonchev–Trinajstić information content (AvgIpc) is 2.37. The second-order valence-corrected chi connectivity index (χ2v) is 5.15. The van der Waals surface area contributed by atoms with E-state index >= 15 is 0 Å². The predicted octanol–water partition coefficient (Wildman–Crippen LogP) is 1.49. The summed E-state index contributed by atoms with van der Waals surface area (Å²) in [5.74, 6) is 0.934. The van der Waals surface area contributed by atoms with E-state index in [1.165, 1.54) is 0 Å². The van der Waals surface area contributed by atoms with Crippen molar-refractivity contribution < 1.29 is 4.79 Å². The molecule has 1 amide bonds. The number of aromatic nitrogens is 1. The Kier molecular flexibility index (Phi) is 4.39. The maximum atomic E-state index is 11.5. The molecule has 2 N–H and O–H groups in total. The van der Waals surface area contributed by atoms with E-state index in [4.69, 9.17) is 0 Å². The van der Waals surface area contributed by atoms with Crippen LogP contribution < -0.4 is 10.6 Å². The molecule has 1 aromatic rings. The summed E-state index contributed by atoms with van der Waals surface area (Å²) in [6.07, 6.45) is 3.35. The zero-order chi connectivity index (χ0) is 12.1. The SMILES string of the molecule is CCC1CC(=O)NC(SCc2ccccn2)N1. The van der Waals surface area contributed by atoms with Gasteiger partial charge in [0.2, 0.25) is 5.91 Å². The first kappa shape index (κ1) is 12.4. The molecule has 2 rings (SSSR count). The third kappa shape index (κ3) is 3.71. The van der Waals surface area contributed by atoms with Gasteiger partial charge < -0.3 is 5.32 Å². The van der Waals surface area contributed by atoms with Crippen LogP contribution in [0.2, 0.25) is 0 Å². The van der Waals surface area contributed by atoms with Gasteiger partial charge in [0.15, 0.2) is 0 Å². The molecule has 1 saturated heterocycles. The van der Waals surface area contributed by atoms with Crippen LogP contribution >= 0.6 is 11.8 Å². The molecule has 1 aliphatic heterocycles. The number of thioether (sulfide) groups is 1. The molecular formula is C12H17N3OS. The molecule has 92 valence electrons. The highest BCUT2D eigenvalue weighted by atomic mass is 32.2. The van der Waals surface area contributed by atoms with E-state index in [0.29, 0.717) is 12.5 Å². The molecule has 4 nitrogen and oxygen atoms in total. The normalized spacial score (nSPS) is 24.4. The summed E-state index contributed by atoms with van der Waals surface area (Å²) in [5.41, 5.74) is 1.04. The molecule has 0 aliphatic carbocycles. The Morgan fingerprint density at radius 3 is 3.12 bits per heavy atom. The number of nitrogens with zero attached hydrogens (tertiary/aromatic N) is 1. The lowest BCUT2D eigenvalue weighted by atomic mass is 10.1. The van der Waals surface area contributed by atoms with Gasteiger partial charge in [0.1, 0.15) is 5.50 Å². The van der Waals surface area contributed by atoms with Crippen LogP contribution in [0.15, 0.2) is 24.4 Å². The third-order valence-electron chi connectivity index (χ3n) is 2.73. The minimum atomic E-state index is 0.00297. The monoisotopic (exact) mass is 251 g/mol. The van der Waals surface area contributed by atoms with Crippen molar-refractivity contribution in [3.8, 4) is 0 Å². The van der Waals surface area contributed by atoms with E-state index < -0.39 is 0 Å². The molecule has 17 heavy (non-hydrogen) atoms. The molecular weight excluding hydrogens is 234 g/mol. The maximum absolute atomic E-state index is 11.5. The summed E-state index contributed by atoms with van der Waals surface area (Å²) < 4.78 is 0. The lowest BCUT2D eigenvalue weighted by Gasteiger charge is -2.30. The Morgan fingerprint density at radius 2 is 2.41 bits per heavy atom. The average molecular weight is 251 g/mol. The van der Waals surface area contributed by atoms with Crippen molar-refractivity contribution in [3.63, 3.8) is 0 Å². The van der Waals surface area contributed by atoms with E-state index in [9.17, 15) is 4.79 Å². The fraction of sp³-hybridized carbons (Fsp3) is 0.500. The first-order valence-electron chi connectivity index (χ1n) is 5.85. The molecule has 1 fully saturated rings. The van der Waals surface area contributed by atoms with Gasteiger partial charge >= 0.3 is 0 Å². The predicted molar refractivity (Wildman–Crippen MR) is 69.3 cm³/mol. The van der Waals surface area contributed by atoms with Gasteiger partial charge in [-0.25, -0.2) is 0 Å². The van der Waals surface area contributed by atoms with E-state index in [2.05, 4.69) is 22.5 Å². The molecule has 1 aliphatic rings. The van der Waals surface area contributed by atoms with E-state index in [1.54, 1.807) is 18.0 Å². The zero-order valence-corrected chi connectivity index (χ0v) is 10.7. The number of nitrogens with one attached hydrogen (secondary N) is 2. The Labute approximate surface area is 106 Å². The highest BCUT2D eigenvalue weighted by molar-refractivity contribution is 7.99. The molecule has 2 unspecified atom stereocenters. The highest BCUT2D eigenvalue weighted by Crippen LogP contribution is 2.17. The summed E-state index contributed by atoms with van der Waals surface area (Å²) in [5, 5.41) is 6.34. The summed E-state index contributed by atoms with van der Waals surface area (Å²) in [6, 6.07) is 6.17. The van der Waals surface area contributed by atoms with E-state index in [-0.39, 0.29) is 11.4 Å². The Morgan fingerprint density at radius 1 is 1.53 bits per heavy atom. The van der Waals surface area contributed by atoms with Gasteiger partial charge in [0.05, 0.1) is 5.69 Å². The quantitative estimate of drug-likeness (QED) is 0.851. The Bertz CT molecular complexity index is 371. The number of rotatable bonds is 4. The number of amides is 1. The largest absolute Gasteiger partial charge is 0.332 e. The first-order chi connectivity index (χ1) is 8.28. The van der Waals surface area contributed by atoms with E-state index in [0.717, 1.165) is 17.9 Å². The van der Waals surface area contributed by atoms with Gasteiger partial charge in [0.25, 0.3) is 0 Å². The fourth-order valence-electron chi connectivity index (χ4n) is 1.75. The van der Waals surface area contributed by atoms with Crippen molar-refractivity contribution in [1.29, 1.82) is 0 Å². The van der Waals surface area contributed by atoms with Crippen molar-refractivity contribution in [1.82, 2.24) is 15.6 Å². The molecule has 0 bridgehead atoms. The van der Waals surface area contributed by atoms with Crippen molar-refractivity contribution in [2.45, 2.75) is 37.1 Å². The molecule has 0 aromatic carbocycles. The maximum Gasteiger partial charge on any atom is 0.223 e. The summed E-state index contributed by atoms with van der Waals surface area (Å²) in [4.78, 5) is 15.7. The standard InChI is InChI=1S/C12H17N3OS/c1-2-9-7-11(16)15-12(14-9)17-8-10-5-3-4-6-13-10/h3-6,9,12,14H,2,7-8H2,1H3,(H,15,16). The van der Waals surface area contributed by atoms with Gasteiger partial charge in [-0.05, 0) is 18.6 Å². The van der Waals surface area contributed by atoms with E-state index in [1.807, 2.05) is 18.2 Å². The number of carbonyl (C=O) groups excluding carboxylic acids is 1. The van der Waals surface area contributed by atoms with Crippen molar-refractivity contribution in [3.05, 3.63) is 30.1 Å². The number of hydrogen-bond donors (Lipinski definition) is 2. The Balaban J connectivity index is 1.84. The molecule has 1 aromatic heterocycles. The number of carbonyl (C=O) groups is 1. The van der Waals surface area contributed by atoms with Crippen LogP contribution in [0, 0.1) is 0 Å². The summed E-state index contributed by atoms with van der Waals surface area (Å²) >= 11 is 1.67. The summed E-state index contributed by atoms with van der Waals surface area (Å²) in [6.45, 7) is 2.09. The minimum Gasteiger partial charge on any atom is -0.332 e. The molecule has 0 radical (unpaired) electrons. The van der Waals surface area contributed by atoms with Crippen LogP contribution in [-0.2, 0) is 10.5 Å². The first-order valence-corrected chi connectivity index (χ1v) is 6.89. The highest BCUT2D eigenvalue weighted by Gasteiger charge is 2.24. The minimum absolute atomic E-state index is 0.00297. The summed E-state index contributed by atoms with van der Waals surface area (Å²) in [7, 11) is 0. The van der Waals surface area contributed by atoms with Crippen molar-refractivity contribution >= 4 is 17.7 Å². The fourth-order valence-corrected chi connectivity index (χ4v) is 2.76. The van der Waals surface area contributed by atoms with Gasteiger partial charge in [-0.2, -0.15) is 0 Å². The topological polar surface area (TPSA) is 54.0 Å². The second-order valence-electron chi connectivity index (χ2n) is 4.06. The van der Waals surface area contributed by atoms with Crippen molar-refractivity contribution in [2.75, 3.05) is 0 Å². The zero-order valence-electron chi connectivity index (χ0n) is 9.85. The molecule has 0 saturated carbocycles. The molecule has 0 spiro atoms. The van der Waals surface area contributed by atoms with Crippen LogP contribution in [0.4, 0.5) is 0 Å². The van der Waals surface area contributed by atoms with Gasteiger partial charge in [-0.3, -0.25) is 15.1 Å². The third-order valence-corrected chi connectivity index (χ3v) is 3.78. The van der Waals surface area contributed by atoms with Crippen LogP contribution in [-0.4, -0.2) is 22.4 Å². The second kappa shape index (κ2) is 6.02. The van der Waals surface area contributed by atoms with Crippen LogP contribution in [0.5, 0.6) is 0 Å². The lowest BCUT2D eigenvalue weighted by Crippen LogP contribution is -2.54. The van der Waals surface area contributed by atoms with Crippen LogP contribution in [0.1, 0.15) is 25.5 Å². The van der Waals surface area contributed by atoms with Gasteiger partial charge in [-0.15, -0.1) is 11.8 Å². The van der Waals surface area contributed by atoms with Crippen LogP contribution in [0.3, 0.4) is 0 Å².